The summed E-state index contributed by atoms with van der Waals surface area (Å²) in [7, 11) is 0. The van der Waals surface area contributed by atoms with Gasteiger partial charge in [-0.1, -0.05) is 24.3 Å². The first-order valence-electron chi connectivity index (χ1n) is 7.00. The van der Waals surface area contributed by atoms with E-state index < -0.39 is 0 Å². The molecular weight excluding hydrogens is 278 g/mol. The molecule has 3 aromatic rings. The standard InChI is InChI=1S/C16H13N5O/c22-14-6-8-17-15(20-14)13-5-7-18-16(19-13)21-9-11-3-1-2-4-12(11)10-21/h1-8H,9-10H2,(H,17,20,22). The smallest absolute Gasteiger partial charge is 0.251 e. The van der Waals surface area contributed by atoms with Gasteiger partial charge >= 0.3 is 0 Å². The molecular formula is C16H13N5O. The molecule has 6 nitrogen and oxygen atoms in total. The maximum Gasteiger partial charge on any atom is 0.251 e. The SMILES string of the molecule is O=c1ccnc(-c2ccnc(N3Cc4ccccc4C3)n2)[nH]1. The van der Waals surface area contributed by atoms with E-state index in [1.54, 1.807) is 12.3 Å². The second-order valence-electron chi connectivity index (χ2n) is 5.15. The molecule has 108 valence electrons. The average Bonchev–Trinajstić information content (AvgIpc) is 2.99. The highest BCUT2D eigenvalue weighted by molar-refractivity contribution is 5.52. The van der Waals surface area contributed by atoms with Gasteiger partial charge in [0, 0.05) is 31.5 Å². The fourth-order valence-electron chi connectivity index (χ4n) is 2.61. The highest BCUT2D eigenvalue weighted by Crippen LogP contribution is 2.26. The van der Waals surface area contributed by atoms with E-state index in [0.717, 1.165) is 13.1 Å². The molecule has 0 amide bonds. The third-order valence-electron chi connectivity index (χ3n) is 3.68. The van der Waals surface area contributed by atoms with Crippen molar-refractivity contribution in [2.24, 2.45) is 0 Å². The summed E-state index contributed by atoms with van der Waals surface area (Å²) in [5.74, 6) is 1.09. The van der Waals surface area contributed by atoms with Gasteiger partial charge in [0.1, 0.15) is 5.69 Å². The maximum absolute atomic E-state index is 11.4. The van der Waals surface area contributed by atoms with E-state index in [0.29, 0.717) is 17.5 Å². The Morgan fingerprint density at radius 3 is 2.41 bits per heavy atom. The molecule has 0 unspecified atom stereocenters. The predicted molar refractivity (Wildman–Crippen MR) is 82.2 cm³/mol. The van der Waals surface area contributed by atoms with Gasteiger partial charge in [-0.3, -0.25) is 4.79 Å². The second-order valence-corrected chi connectivity index (χ2v) is 5.15. The van der Waals surface area contributed by atoms with Gasteiger partial charge < -0.3 is 9.88 Å². The molecule has 3 heterocycles. The average molecular weight is 291 g/mol. The molecule has 22 heavy (non-hydrogen) atoms. The van der Waals surface area contributed by atoms with Crippen LogP contribution in [0.2, 0.25) is 0 Å². The minimum absolute atomic E-state index is 0.196. The molecule has 0 spiro atoms. The summed E-state index contributed by atoms with van der Waals surface area (Å²) in [5.41, 5.74) is 3.00. The Hall–Kier alpha value is -3.02. The normalized spacial score (nSPS) is 13.2. The van der Waals surface area contributed by atoms with Crippen LogP contribution in [0.3, 0.4) is 0 Å². The zero-order valence-electron chi connectivity index (χ0n) is 11.7. The maximum atomic E-state index is 11.4. The largest absolute Gasteiger partial charge is 0.332 e. The molecule has 0 radical (unpaired) electrons. The zero-order valence-corrected chi connectivity index (χ0v) is 11.7. The molecule has 1 aromatic carbocycles. The lowest BCUT2D eigenvalue weighted by Crippen LogP contribution is -2.18. The van der Waals surface area contributed by atoms with Crippen molar-refractivity contribution in [1.82, 2.24) is 19.9 Å². The van der Waals surface area contributed by atoms with Crippen molar-refractivity contribution in [1.29, 1.82) is 0 Å². The Labute approximate surface area is 126 Å². The van der Waals surface area contributed by atoms with E-state index in [-0.39, 0.29) is 5.56 Å². The van der Waals surface area contributed by atoms with Crippen LogP contribution < -0.4 is 10.5 Å². The van der Waals surface area contributed by atoms with Gasteiger partial charge in [0.2, 0.25) is 5.95 Å². The van der Waals surface area contributed by atoms with Gasteiger partial charge in [-0.2, -0.15) is 0 Å². The second kappa shape index (κ2) is 5.07. The van der Waals surface area contributed by atoms with E-state index in [4.69, 9.17) is 0 Å². The fraction of sp³-hybridized carbons (Fsp3) is 0.125. The molecule has 2 aromatic heterocycles. The van der Waals surface area contributed by atoms with Gasteiger partial charge in [-0.05, 0) is 17.2 Å². The lowest BCUT2D eigenvalue weighted by atomic mass is 10.1. The molecule has 0 fully saturated rings. The zero-order chi connectivity index (χ0) is 14.9. The van der Waals surface area contributed by atoms with Gasteiger partial charge in [-0.15, -0.1) is 0 Å². The number of anilines is 1. The van der Waals surface area contributed by atoms with E-state index in [1.807, 2.05) is 12.1 Å². The van der Waals surface area contributed by atoms with Crippen LogP contribution in [-0.2, 0) is 13.1 Å². The fourth-order valence-corrected chi connectivity index (χ4v) is 2.61. The Morgan fingerprint density at radius 2 is 1.68 bits per heavy atom. The summed E-state index contributed by atoms with van der Waals surface area (Å²) in [6.07, 6.45) is 3.16. The van der Waals surface area contributed by atoms with Crippen molar-refractivity contribution in [3.8, 4) is 11.5 Å². The van der Waals surface area contributed by atoms with Crippen molar-refractivity contribution in [2.75, 3.05) is 4.90 Å². The van der Waals surface area contributed by atoms with E-state index in [1.165, 1.54) is 23.4 Å². The Balaban J connectivity index is 1.68. The van der Waals surface area contributed by atoms with Gasteiger partial charge in [0.05, 0.1) is 0 Å². The topological polar surface area (TPSA) is 74.8 Å². The monoisotopic (exact) mass is 291 g/mol. The molecule has 0 atom stereocenters. The summed E-state index contributed by atoms with van der Waals surface area (Å²) in [5, 5.41) is 0. The van der Waals surface area contributed by atoms with Crippen molar-refractivity contribution in [3.63, 3.8) is 0 Å². The summed E-state index contributed by atoms with van der Waals surface area (Å²) in [6, 6.07) is 11.4. The van der Waals surface area contributed by atoms with Crippen LogP contribution in [0.15, 0.2) is 53.6 Å². The number of nitrogens with one attached hydrogen (secondary N) is 1. The van der Waals surface area contributed by atoms with Crippen molar-refractivity contribution < 1.29 is 0 Å². The summed E-state index contributed by atoms with van der Waals surface area (Å²) in [4.78, 5) is 29.2. The van der Waals surface area contributed by atoms with Crippen molar-refractivity contribution in [3.05, 3.63) is 70.3 Å². The van der Waals surface area contributed by atoms with Crippen LogP contribution in [0.1, 0.15) is 11.1 Å². The first kappa shape index (κ1) is 12.7. The lowest BCUT2D eigenvalue weighted by Gasteiger charge is -2.15. The number of benzene rings is 1. The van der Waals surface area contributed by atoms with Gasteiger partial charge in [0.15, 0.2) is 5.82 Å². The first-order chi connectivity index (χ1) is 10.8. The highest BCUT2D eigenvalue weighted by Gasteiger charge is 2.20. The van der Waals surface area contributed by atoms with Crippen LogP contribution >= 0.6 is 0 Å². The molecule has 1 aliphatic rings. The molecule has 0 saturated carbocycles. The van der Waals surface area contributed by atoms with Gasteiger partial charge in [-0.25, -0.2) is 15.0 Å². The number of rotatable bonds is 2. The number of aromatic nitrogens is 4. The van der Waals surface area contributed by atoms with Gasteiger partial charge in [0.25, 0.3) is 5.56 Å². The summed E-state index contributed by atoms with van der Waals surface area (Å²) >= 11 is 0. The van der Waals surface area contributed by atoms with Crippen molar-refractivity contribution in [2.45, 2.75) is 13.1 Å². The predicted octanol–water partition coefficient (Wildman–Crippen LogP) is 1.75. The van der Waals surface area contributed by atoms with Crippen LogP contribution in [0.5, 0.6) is 0 Å². The van der Waals surface area contributed by atoms with E-state index in [9.17, 15) is 4.79 Å². The Bertz CT molecular complexity index is 864. The minimum atomic E-state index is -0.196. The number of fused-ring (bicyclic) bond motifs is 1. The summed E-state index contributed by atoms with van der Waals surface area (Å²) in [6.45, 7) is 1.58. The molecule has 0 aliphatic carbocycles. The third kappa shape index (κ3) is 2.24. The molecule has 6 heteroatoms. The van der Waals surface area contributed by atoms with Crippen molar-refractivity contribution >= 4 is 5.95 Å². The molecule has 1 aliphatic heterocycles. The number of aromatic amines is 1. The Morgan fingerprint density at radius 1 is 0.955 bits per heavy atom. The molecule has 0 saturated heterocycles. The van der Waals surface area contributed by atoms with E-state index in [2.05, 4.69) is 37.0 Å². The Kier molecular flexibility index (Phi) is 2.93. The minimum Gasteiger partial charge on any atom is -0.332 e. The van der Waals surface area contributed by atoms with Crippen LogP contribution in [-0.4, -0.2) is 19.9 Å². The van der Waals surface area contributed by atoms with Crippen LogP contribution in [0.4, 0.5) is 5.95 Å². The third-order valence-corrected chi connectivity index (χ3v) is 3.68. The van der Waals surface area contributed by atoms with Crippen LogP contribution in [0.25, 0.3) is 11.5 Å². The number of nitrogens with zero attached hydrogens (tertiary/aromatic N) is 4. The number of hydrogen-bond donors (Lipinski definition) is 1. The molecule has 4 rings (SSSR count). The molecule has 0 bridgehead atoms. The number of H-pyrrole nitrogens is 1. The number of hydrogen-bond acceptors (Lipinski definition) is 5. The van der Waals surface area contributed by atoms with Crippen LogP contribution in [0, 0.1) is 0 Å². The lowest BCUT2D eigenvalue weighted by molar-refractivity contribution is 0.828. The van der Waals surface area contributed by atoms with E-state index >= 15 is 0 Å². The summed E-state index contributed by atoms with van der Waals surface area (Å²) < 4.78 is 0. The first-order valence-corrected chi connectivity index (χ1v) is 7.00. The molecule has 1 N–H and O–H groups in total. The highest BCUT2D eigenvalue weighted by atomic mass is 16.1. The quantitative estimate of drug-likeness (QED) is 0.778.